The zero-order valence-corrected chi connectivity index (χ0v) is 16.1. The molecule has 0 aromatic heterocycles. The zero-order chi connectivity index (χ0) is 16.8. The summed E-state index contributed by atoms with van der Waals surface area (Å²) in [6.07, 6.45) is 7.61. The Morgan fingerprint density at radius 1 is 0.955 bits per heavy atom. The largest absolute Gasteiger partial charge is 0.402 e. The van der Waals surface area contributed by atoms with Crippen LogP contribution < -0.4 is 0 Å². The van der Waals surface area contributed by atoms with Gasteiger partial charge in [0.15, 0.2) is 0 Å². The van der Waals surface area contributed by atoms with Gasteiger partial charge < -0.3 is 4.43 Å². The maximum Gasteiger partial charge on any atom is 0.202 e. The Morgan fingerprint density at radius 2 is 1.45 bits per heavy atom. The van der Waals surface area contributed by atoms with E-state index < -0.39 is 8.32 Å². The molecule has 0 heterocycles. The van der Waals surface area contributed by atoms with Crippen molar-refractivity contribution < 1.29 is 4.43 Å². The molecule has 0 bridgehead atoms. The standard InChI is InChI=1S/C20H32OSi/c1-8-20(15-14-19-12-10-9-11-13-19)21-22(16(2)3,17(4)5)18(6)7/h1,9-13,16-18,20H,14-15H2,2-7H3. The number of rotatable bonds is 8. The molecule has 0 aliphatic heterocycles. The molecule has 1 aromatic rings. The van der Waals surface area contributed by atoms with E-state index in [4.69, 9.17) is 10.8 Å². The van der Waals surface area contributed by atoms with E-state index in [2.05, 4.69) is 71.7 Å². The molecule has 0 spiro atoms. The fourth-order valence-electron chi connectivity index (χ4n) is 3.77. The lowest BCUT2D eigenvalue weighted by molar-refractivity contribution is 0.215. The van der Waals surface area contributed by atoms with Crippen LogP contribution in [0.25, 0.3) is 0 Å². The zero-order valence-electron chi connectivity index (χ0n) is 15.1. The lowest BCUT2D eigenvalue weighted by Crippen LogP contribution is -2.50. The summed E-state index contributed by atoms with van der Waals surface area (Å²) in [4.78, 5) is 0. The topological polar surface area (TPSA) is 9.23 Å². The first kappa shape index (κ1) is 19.0. The van der Waals surface area contributed by atoms with Crippen molar-refractivity contribution in [3.05, 3.63) is 35.9 Å². The first-order chi connectivity index (χ1) is 10.3. The molecule has 0 aliphatic rings. The fourth-order valence-corrected chi connectivity index (χ4v) is 9.27. The summed E-state index contributed by atoms with van der Waals surface area (Å²) in [6, 6.07) is 10.5. The normalized spacial score (nSPS) is 13.6. The lowest BCUT2D eigenvalue weighted by Gasteiger charge is -2.43. The van der Waals surface area contributed by atoms with Crippen LogP contribution in [0.3, 0.4) is 0 Å². The molecule has 0 fully saturated rings. The van der Waals surface area contributed by atoms with E-state index in [0.717, 1.165) is 12.8 Å². The molecule has 22 heavy (non-hydrogen) atoms. The third kappa shape index (κ3) is 4.48. The second kappa shape index (κ2) is 8.55. The fraction of sp³-hybridized carbons (Fsp3) is 0.600. The highest BCUT2D eigenvalue weighted by Gasteiger charge is 2.46. The Morgan fingerprint density at radius 3 is 1.86 bits per heavy atom. The molecule has 1 rings (SSSR count). The Kier molecular flexibility index (Phi) is 7.39. The van der Waals surface area contributed by atoms with Gasteiger partial charge in [-0.2, -0.15) is 0 Å². The van der Waals surface area contributed by atoms with E-state index in [0.29, 0.717) is 16.6 Å². The van der Waals surface area contributed by atoms with Gasteiger partial charge in [-0.3, -0.25) is 0 Å². The Hall–Kier alpha value is -1.04. The van der Waals surface area contributed by atoms with Crippen molar-refractivity contribution in [1.82, 2.24) is 0 Å². The molecule has 0 amide bonds. The van der Waals surface area contributed by atoms with Gasteiger partial charge in [-0.25, -0.2) is 0 Å². The van der Waals surface area contributed by atoms with E-state index in [1.54, 1.807) is 0 Å². The Bertz CT molecular complexity index is 448. The van der Waals surface area contributed by atoms with Crippen molar-refractivity contribution >= 4 is 8.32 Å². The number of benzene rings is 1. The van der Waals surface area contributed by atoms with Gasteiger partial charge in [-0.1, -0.05) is 77.8 Å². The summed E-state index contributed by atoms with van der Waals surface area (Å²) in [7, 11) is -1.89. The summed E-state index contributed by atoms with van der Waals surface area (Å²) in [6.45, 7) is 13.8. The number of hydrogen-bond donors (Lipinski definition) is 0. The van der Waals surface area contributed by atoms with Crippen molar-refractivity contribution in [3.63, 3.8) is 0 Å². The van der Waals surface area contributed by atoms with Crippen molar-refractivity contribution in [2.75, 3.05) is 0 Å². The van der Waals surface area contributed by atoms with E-state index in [1.807, 2.05) is 6.07 Å². The molecule has 1 nitrogen and oxygen atoms in total. The van der Waals surface area contributed by atoms with Crippen LogP contribution in [0.4, 0.5) is 0 Å². The van der Waals surface area contributed by atoms with Crippen LogP contribution in [0.1, 0.15) is 53.5 Å². The van der Waals surface area contributed by atoms with Crippen molar-refractivity contribution in [2.24, 2.45) is 0 Å². The highest BCUT2D eigenvalue weighted by atomic mass is 28.4. The minimum atomic E-state index is -1.89. The van der Waals surface area contributed by atoms with Gasteiger partial charge in [0.2, 0.25) is 8.32 Å². The third-order valence-electron chi connectivity index (χ3n) is 4.78. The van der Waals surface area contributed by atoms with Gasteiger partial charge in [0.1, 0.15) is 6.10 Å². The molecule has 2 heteroatoms. The maximum absolute atomic E-state index is 6.70. The van der Waals surface area contributed by atoms with E-state index >= 15 is 0 Å². The SMILES string of the molecule is C#CC(CCc1ccccc1)O[Si](C(C)C)(C(C)C)C(C)C. The van der Waals surface area contributed by atoms with Gasteiger partial charge in [0, 0.05) is 0 Å². The molecule has 0 radical (unpaired) electrons. The van der Waals surface area contributed by atoms with Crippen LogP contribution in [0.5, 0.6) is 0 Å². The first-order valence-corrected chi connectivity index (χ1v) is 10.7. The minimum Gasteiger partial charge on any atom is -0.402 e. The second-order valence-corrected chi connectivity index (χ2v) is 12.5. The highest BCUT2D eigenvalue weighted by molar-refractivity contribution is 6.77. The molecular formula is C20H32OSi. The van der Waals surface area contributed by atoms with Gasteiger partial charge in [-0.05, 0) is 35.0 Å². The Labute approximate surface area is 138 Å². The van der Waals surface area contributed by atoms with Crippen molar-refractivity contribution in [1.29, 1.82) is 0 Å². The maximum atomic E-state index is 6.70. The van der Waals surface area contributed by atoms with Gasteiger partial charge in [0.05, 0.1) is 0 Å². The Balaban J connectivity index is 2.83. The molecule has 1 unspecified atom stereocenters. The molecule has 0 saturated heterocycles. The van der Waals surface area contributed by atoms with Crippen LogP contribution in [0, 0.1) is 12.3 Å². The van der Waals surface area contributed by atoms with Crippen molar-refractivity contribution in [2.45, 2.75) is 77.1 Å². The minimum absolute atomic E-state index is 0.0703. The molecule has 0 aliphatic carbocycles. The molecule has 1 atom stereocenters. The van der Waals surface area contributed by atoms with Crippen LogP contribution in [-0.2, 0) is 10.8 Å². The average Bonchev–Trinajstić information content (AvgIpc) is 2.47. The van der Waals surface area contributed by atoms with Crippen LogP contribution in [-0.4, -0.2) is 14.4 Å². The summed E-state index contributed by atoms with van der Waals surface area (Å²) in [5.74, 6) is 2.90. The summed E-state index contributed by atoms with van der Waals surface area (Å²) >= 11 is 0. The van der Waals surface area contributed by atoms with Crippen LogP contribution >= 0.6 is 0 Å². The molecule has 0 N–H and O–H groups in total. The smallest absolute Gasteiger partial charge is 0.202 e. The monoisotopic (exact) mass is 316 g/mol. The molecule has 0 saturated carbocycles. The third-order valence-corrected chi connectivity index (χ3v) is 10.9. The van der Waals surface area contributed by atoms with Gasteiger partial charge in [0.25, 0.3) is 0 Å². The summed E-state index contributed by atoms with van der Waals surface area (Å²) < 4.78 is 6.70. The predicted octanol–water partition coefficient (Wildman–Crippen LogP) is 5.81. The van der Waals surface area contributed by atoms with E-state index in [9.17, 15) is 0 Å². The second-order valence-electron chi connectivity index (χ2n) is 7.12. The molecule has 1 aromatic carbocycles. The first-order valence-electron chi connectivity index (χ1n) is 8.52. The molecule has 122 valence electrons. The van der Waals surface area contributed by atoms with Crippen LogP contribution in [0.2, 0.25) is 16.6 Å². The lowest BCUT2D eigenvalue weighted by atomic mass is 10.1. The van der Waals surface area contributed by atoms with Crippen LogP contribution in [0.15, 0.2) is 30.3 Å². The van der Waals surface area contributed by atoms with E-state index in [1.165, 1.54) is 5.56 Å². The van der Waals surface area contributed by atoms with Gasteiger partial charge >= 0.3 is 0 Å². The highest BCUT2D eigenvalue weighted by Crippen LogP contribution is 2.43. The quantitative estimate of drug-likeness (QED) is 0.434. The number of terminal acetylenes is 1. The predicted molar refractivity (Wildman–Crippen MR) is 99.5 cm³/mol. The summed E-state index contributed by atoms with van der Waals surface area (Å²) in [5, 5.41) is 0. The van der Waals surface area contributed by atoms with Crippen molar-refractivity contribution in [3.8, 4) is 12.3 Å². The molecular weight excluding hydrogens is 284 g/mol. The van der Waals surface area contributed by atoms with Gasteiger partial charge in [-0.15, -0.1) is 6.42 Å². The number of aryl methyl sites for hydroxylation is 1. The number of hydrogen-bond acceptors (Lipinski definition) is 1. The summed E-state index contributed by atoms with van der Waals surface area (Å²) in [5.41, 5.74) is 3.04. The average molecular weight is 317 g/mol. The van der Waals surface area contributed by atoms with E-state index in [-0.39, 0.29) is 6.10 Å².